The van der Waals surface area contributed by atoms with Crippen molar-refractivity contribution in [2.45, 2.75) is 0 Å². The molecule has 0 unspecified atom stereocenters. The van der Waals surface area contributed by atoms with Crippen molar-refractivity contribution in [3.63, 3.8) is 0 Å². The minimum absolute atomic E-state index is 0.805. The Labute approximate surface area is 434 Å². The van der Waals surface area contributed by atoms with E-state index in [0.29, 0.717) is 0 Å². The molecule has 0 radical (unpaired) electrons. The summed E-state index contributed by atoms with van der Waals surface area (Å²) in [6.45, 7) is 0. The van der Waals surface area contributed by atoms with Crippen molar-refractivity contribution < 1.29 is 17.7 Å². The minimum Gasteiger partial charge on any atom is -0.456 e. The first-order valence-corrected chi connectivity index (χ1v) is 25.6. The summed E-state index contributed by atoms with van der Waals surface area (Å²) >= 11 is 0. The first-order chi connectivity index (χ1) is 37.6. The molecule has 12 aromatic carbocycles. The van der Waals surface area contributed by atoms with Crippen LogP contribution in [0.3, 0.4) is 0 Å². The average molecular weight is 975 g/mol. The Morgan fingerprint density at radius 2 is 0.592 bits per heavy atom. The van der Waals surface area contributed by atoms with Crippen molar-refractivity contribution >= 4 is 127 Å². The lowest BCUT2D eigenvalue weighted by molar-refractivity contribution is 0.668. The smallest absolute Gasteiger partial charge is 0.137 e. The molecule has 76 heavy (non-hydrogen) atoms. The third kappa shape index (κ3) is 6.81. The fraction of sp³-hybridized carbons (Fsp3) is 0. The molecule has 0 aliphatic rings. The number of anilines is 5. The molecular formula is C70H42N2O4. The summed E-state index contributed by atoms with van der Waals surface area (Å²) in [5, 5.41) is 14.6. The van der Waals surface area contributed by atoms with Crippen molar-refractivity contribution in [1.29, 1.82) is 0 Å². The van der Waals surface area contributed by atoms with Gasteiger partial charge in [0.2, 0.25) is 0 Å². The van der Waals surface area contributed by atoms with Gasteiger partial charge in [-0.1, -0.05) is 127 Å². The van der Waals surface area contributed by atoms with E-state index in [4.69, 9.17) is 17.7 Å². The van der Waals surface area contributed by atoms with E-state index in [1.807, 2.05) is 30.3 Å². The van der Waals surface area contributed by atoms with Crippen LogP contribution in [0.25, 0.3) is 132 Å². The third-order valence-electron chi connectivity index (χ3n) is 15.3. The Morgan fingerprint density at radius 1 is 0.224 bits per heavy atom. The van der Waals surface area contributed by atoms with Crippen LogP contribution in [-0.2, 0) is 0 Å². The Kier molecular flexibility index (Phi) is 9.23. The highest BCUT2D eigenvalue weighted by molar-refractivity contribution is 6.12. The molecule has 0 aliphatic carbocycles. The Hall–Kier alpha value is -10.3. The van der Waals surface area contributed by atoms with Gasteiger partial charge in [0, 0.05) is 95.8 Å². The van der Waals surface area contributed by atoms with E-state index in [-0.39, 0.29) is 0 Å². The molecule has 1 N–H and O–H groups in total. The van der Waals surface area contributed by atoms with Gasteiger partial charge in [-0.3, -0.25) is 0 Å². The lowest BCUT2D eigenvalue weighted by Gasteiger charge is -2.25. The maximum atomic E-state index is 6.71. The number of hydrogen-bond acceptors (Lipinski definition) is 6. The van der Waals surface area contributed by atoms with Crippen molar-refractivity contribution in [2.75, 3.05) is 10.2 Å². The number of furan rings is 4. The van der Waals surface area contributed by atoms with Crippen LogP contribution in [0.1, 0.15) is 0 Å². The van der Waals surface area contributed by atoms with Crippen molar-refractivity contribution in [3.05, 3.63) is 249 Å². The van der Waals surface area contributed by atoms with E-state index in [2.05, 4.69) is 229 Å². The van der Waals surface area contributed by atoms with Gasteiger partial charge in [0.25, 0.3) is 0 Å². The highest BCUT2D eigenvalue weighted by atomic mass is 16.3. The molecule has 4 aromatic heterocycles. The summed E-state index contributed by atoms with van der Waals surface area (Å²) in [5.74, 6) is 0. The van der Waals surface area contributed by atoms with E-state index in [9.17, 15) is 0 Å². The van der Waals surface area contributed by atoms with Crippen LogP contribution in [0.2, 0.25) is 0 Å². The van der Waals surface area contributed by atoms with Gasteiger partial charge in [0.15, 0.2) is 0 Å². The zero-order valence-electron chi connectivity index (χ0n) is 40.8. The summed E-state index contributed by atoms with van der Waals surface area (Å²) in [6.07, 6.45) is 0. The fourth-order valence-corrected chi connectivity index (χ4v) is 11.6. The van der Waals surface area contributed by atoms with Gasteiger partial charge in [-0.2, -0.15) is 0 Å². The summed E-state index contributed by atoms with van der Waals surface area (Å²) in [5.41, 5.74) is 18.5. The summed E-state index contributed by atoms with van der Waals surface area (Å²) < 4.78 is 25.8. The normalized spacial score (nSPS) is 11.9. The zero-order valence-corrected chi connectivity index (χ0v) is 40.8. The van der Waals surface area contributed by atoms with Crippen LogP contribution in [0.4, 0.5) is 28.4 Å². The second-order valence-corrected chi connectivity index (χ2v) is 19.7. The largest absolute Gasteiger partial charge is 0.456 e. The maximum Gasteiger partial charge on any atom is 0.137 e. The SMILES string of the molecule is c1ccc(-c2ccc(-c3ccc(N(c4ccc5c(c4)oc4ccccc45)c4ccc5c(c4)oc4ccc(-c6ccc7oc8cc(Nc9ccc%10c(c9)oc9ccccc9%10)ccc8c7c6)cc45)cc3)c3ccccc23)cc1. The molecule has 0 spiro atoms. The summed E-state index contributed by atoms with van der Waals surface area (Å²) in [4.78, 5) is 2.29. The van der Waals surface area contributed by atoms with Crippen LogP contribution in [-0.4, -0.2) is 0 Å². The second kappa shape index (κ2) is 16.6. The highest BCUT2D eigenvalue weighted by Gasteiger charge is 2.20. The van der Waals surface area contributed by atoms with Crippen molar-refractivity contribution in [2.24, 2.45) is 0 Å². The molecule has 0 bridgehead atoms. The van der Waals surface area contributed by atoms with Crippen LogP contribution in [0.15, 0.2) is 266 Å². The number of hydrogen-bond donors (Lipinski definition) is 1. The molecule has 0 fully saturated rings. The molecule has 16 aromatic rings. The molecule has 0 saturated carbocycles. The van der Waals surface area contributed by atoms with Gasteiger partial charge >= 0.3 is 0 Å². The number of para-hydroxylation sites is 2. The molecule has 0 amide bonds. The molecule has 0 aliphatic heterocycles. The topological polar surface area (TPSA) is 67.8 Å². The second-order valence-electron chi connectivity index (χ2n) is 19.7. The molecule has 356 valence electrons. The van der Waals surface area contributed by atoms with E-state index in [1.165, 1.54) is 27.5 Å². The highest BCUT2D eigenvalue weighted by Crippen LogP contribution is 2.44. The van der Waals surface area contributed by atoms with Crippen molar-refractivity contribution in [1.82, 2.24) is 0 Å². The third-order valence-corrected chi connectivity index (χ3v) is 15.3. The molecule has 16 rings (SSSR count). The molecule has 6 nitrogen and oxygen atoms in total. The van der Waals surface area contributed by atoms with E-state index in [0.717, 1.165) is 133 Å². The molecule has 4 heterocycles. The van der Waals surface area contributed by atoms with E-state index < -0.39 is 0 Å². The number of fused-ring (bicyclic) bond motifs is 13. The fourth-order valence-electron chi connectivity index (χ4n) is 11.6. The lowest BCUT2D eigenvalue weighted by atomic mass is 9.92. The Morgan fingerprint density at radius 3 is 1.11 bits per heavy atom. The van der Waals surface area contributed by atoms with E-state index in [1.54, 1.807) is 0 Å². The number of nitrogens with one attached hydrogen (secondary N) is 1. The molecule has 0 saturated heterocycles. The summed E-state index contributed by atoms with van der Waals surface area (Å²) in [6, 6.07) is 87.6. The summed E-state index contributed by atoms with van der Waals surface area (Å²) in [7, 11) is 0. The Bertz CT molecular complexity index is 4980. The van der Waals surface area contributed by atoms with Gasteiger partial charge in [0.1, 0.15) is 44.7 Å². The quantitative estimate of drug-likeness (QED) is 0.164. The zero-order chi connectivity index (χ0) is 49.8. The number of nitrogens with zero attached hydrogens (tertiary/aromatic N) is 1. The van der Waals surface area contributed by atoms with Crippen LogP contribution in [0.5, 0.6) is 0 Å². The predicted molar refractivity (Wildman–Crippen MR) is 314 cm³/mol. The van der Waals surface area contributed by atoms with Crippen molar-refractivity contribution in [3.8, 4) is 33.4 Å². The first kappa shape index (κ1) is 42.2. The maximum absolute atomic E-state index is 6.71. The molecule has 0 atom stereocenters. The molecule has 6 heteroatoms. The van der Waals surface area contributed by atoms with Gasteiger partial charge in [-0.25, -0.2) is 0 Å². The van der Waals surface area contributed by atoms with Crippen LogP contribution in [0, 0.1) is 0 Å². The minimum atomic E-state index is 0.805. The van der Waals surface area contributed by atoms with Gasteiger partial charge < -0.3 is 27.9 Å². The predicted octanol–water partition coefficient (Wildman–Crippen LogP) is 20.7. The number of rotatable bonds is 8. The first-order valence-electron chi connectivity index (χ1n) is 25.6. The van der Waals surface area contributed by atoms with E-state index >= 15 is 0 Å². The lowest BCUT2D eigenvalue weighted by Crippen LogP contribution is -2.09. The van der Waals surface area contributed by atoms with Crippen LogP contribution >= 0.6 is 0 Å². The van der Waals surface area contributed by atoms with Crippen LogP contribution < -0.4 is 10.2 Å². The standard InChI is InChI=1S/C70H42N2O4/c1-2-10-42(11-3-1)51-32-33-52(54-13-5-4-12-53(51)54)43-18-24-48(25-19-43)72(49-26-30-58-56-15-7-9-17-64(56)74-69(58)40-49)50-27-31-60-62-37-45(21-35-66(62)76-70(60)41-50)44-20-34-65-61(36-44)59-29-23-47(39-68(59)75-65)71-46-22-28-57-55-14-6-8-16-63(55)73-67(57)38-46/h1-41,71H. The average Bonchev–Trinajstić information content (AvgIpc) is 4.27. The molecular weight excluding hydrogens is 933 g/mol. The van der Waals surface area contributed by atoms with Gasteiger partial charge in [-0.05, 0) is 141 Å². The monoisotopic (exact) mass is 974 g/mol. The van der Waals surface area contributed by atoms with Gasteiger partial charge in [0.05, 0.1) is 0 Å². The Balaban J connectivity index is 0.742. The number of benzene rings is 12. The van der Waals surface area contributed by atoms with Gasteiger partial charge in [-0.15, -0.1) is 0 Å².